The monoisotopic (exact) mass is 341 g/mol. The van der Waals surface area contributed by atoms with E-state index in [0.29, 0.717) is 12.3 Å². The van der Waals surface area contributed by atoms with Crippen LogP contribution >= 0.6 is 11.3 Å². The number of rotatable bonds is 6. The molecule has 0 radical (unpaired) electrons. The second-order valence-corrected chi connectivity index (χ2v) is 7.23. The highest BCUT2D eigenvalue weighted by atomic mass is 32.1. The standard InChI is InChI=1S/C19H23N3OS/c1-4-8-22-9-7-14-5-6-15(10-17(14)22)20-18(23)11-16-12-24-19(21-16)13(2)3/h5-7,9-10,12-13H,4,8,11H2,1-3H3,(H,20,23). The maximum absolute atomic E-state index is 12.3. The van der Waals surface area contributed by atoms with Gasteiger partial charge in [0.2, 0.25) is 5.91 Å². The van der Waals surface area contributed by atoms with Gasteiger partial charge in [-0.15, -0.1) is 11.3 Å². The maximum Gasteiger partial charge on any atom is 0.230 e. The lowest BCUT2D eigenvalue weighted by Crippen LogP contribution is -2.14. The first-order valence-electron chi connectivity index (χ1n) is 8.40. The number of nitrogens with zero attached hydrogens (tertiary/aromatic N) is 2. The molecule has 2 aromatic heterocycles. The second kappa shape index (κ2) is 7.18. The molecule has 0 aliphatic heterocycles. The molecule has 5 heteroatoms. The van der Waals surface area contributed by atoms with Gasteiger partial charge in [-0.25, -0.2) is 4.98 Å². The van der Waals surface area contributed by atoms with Gasteiger partial charge in [0.15, 0.2) is 0 Å². The molecule has 0 saturated carbocycles. The van der Waals surface area contributed by atoms with Crippen LogP contribution in [0.25, 0.3) is 10.9 Å². The van der Waals surface area contributed by atoms with Crippen molar-refractivity contribution in [1.82, 2.24) is 9.55 Å². The predicted molar refractivity (Wildman–Crippen MR) is 101 cm³/mol. The molecule has 0 aliphatic carbocycles. The minimum Gasteiger partial charge on any atom is -0.347 e. The van der Waals surface area contributed by atoms with Crippen molar-refractivity contribution in [3.05, 3.63) is 46.5 Å². The SMILES string of the molecule is CCCn1ccc2ccc(NC(=O)Cc3csc(C(C)C)n3)cc21. The minimum absolute atomic E-state index is 0.0245. The van der Waals surface area contributed by atoms with Gasteiger partial charge >= 0.3 is 0 Å². The van der Waals surface area contributed by atoms with Gasteiger partial charge in [0, 0.05) is 29.7 Å². The summed E-state index contributed by atoms with van der Waals surface area (Å²) in [5, 5.41) is 7.25. The van der Waals surface area contributed by atoms with E-state index in [0.717, 1.165) is 34.9 Å². The van der Waals surface area contributed by atoms with Crippen molar-refractivity contribution in [3.63, 3.8) is 0 Å². The number of nitrogens with one attached hydrogen (secondary N) is 1. The van der Waals surface area contributed by atoms with Crippen molar-refractivity contribution in [2.45, 2.75) is 46.1 Å². The van der Waals surface area contributed by atoms with Crippen molar-refractivity contribution >= 4 is 33.8 Å². The number of fused-ring (bicyclic) bond motifs is 1. The molecule has 2 heterocycles. The van der Waals surface area contributed by atoms with Crippen molar-refractivity contribution in [2.24, 2.45) is 0 Å². The van der Waals surface area contributed by atoms with Crippen LogP contribution in [0.2, 0.25) is 0 Å². The maximum atomic E-state index is 12.3. The quantitative estimate of drug-likeness (QED) is 0.699. The minimum atomic E-state index is -0.0245. The van der Waals surface area contributed by atoms with Gasteiger partial charge in [0.1, 0.15) is 0 Å². The third-order valence-electron chi connectivity index (χ3n) is 3.93. The van der Waals surface area contributed by atoms with Crippen molar-refractivity contribution in [1.29, 1.82) is 0 Å². The molecule has 0 unspecified atom stereocenters. The largest absolute Gasteiger partial charge is 0.347 e. The van der Waals surface area contributed by atoms with E-state index >= 15 is 0 Å². The van der Waals surface area contributed by atoms with E-state index in [-0.39, 0.29) is 5.91 Å². The average Bonchev–Trinajstić information content (AvgIpc) is 3.15. The summed E-state index contributed by atoms with van der Waals surface area (Å²) >= 11 is 1.62. The molecule has 1 aromatic carbocycles. The topological polar surface area (TPSA) is 46.9 Å². The van der Waals surface area contributed by atoms with Crippen molar-refractivity contribution in [3.8, 4) is 0 Å². The number of aromatic nitrogens is 2. The Morgan fingerprint density at radius 1 is 1.33 bits per heavy atom. The normalized spacial score (nSPS) is 11.3. The third-order valence-corrected chi connectivity index (χ3v) is 5.12. The Balaban J connectivity index is 1.71. The molecule has 1 amide bonds. The Labute approximate surface area is 146 Å². The number of thiazole rings is 1. The lowest BCUT2D eigenvalue weighted by molar-refractivity contribution is -0.115. The third kappa shape index (κ3) is 3.67. The molecule has 1 N–H and O–H groups in total. The van der Waals surface area contributed by atoms with Gasteiger partial charge in [-0.1, -0.05) is 26.8 Å². The van der Waals surface area contributed by atoms with Gasteiger partial charge < -0.3 is 9.88 Å². The summed E-state index contributed by atoms with van der Waals surface area (Å²) in [4.78, 5) is 16.8. The van der Waals surface area contributed by atoms with E-state index in [4.69, 9.17) is 0 Å². The number of carbonyl (C=O) groups excluding carboxylic acids is 1. The van der Waals surface area contributed by atoms with Gasteiger partial charge in [-0.2, -0.15) is 0 Å². The highest BCUT2D eigenvalue weighted by Crippen LogP contribution is 2.22. The summed E-state index contributed by atoms with van der Waals surface area (Å²) in [6, 6.07) is 8.16. The van der Waals surface area contributed by atoms with E-state index in [1.54, 1.807) is 11.3 Å². The average molecular weight is 341 g/mol. The molecule has 0 aliphatic rings. The molecule has 0 atom stereocenters. The van der Waals surface area contributed by atoms with Crippen LogP contribution in [-0.2, 0) is 17.8 Å². The molecule has 0 spiro atoms. The molecule has 0 saturated heterocycles. The van der Waals surface area contributed by atoms with Crippen LogP contribution in [0.4, 0.5) is 5.69 Å². The summed E-state index contributed by atoms with van der Waals surface area (Å²) in [7, 11) is 0. The number of benzene rings is 1. The van der Waals surface area contributed by atoms with Crippen LogP contribution < -0.4 is 5.32 Å². The predicted octanol–water partition coefficient (Wildman–Crippen LogP) is 4.81. The summed E-state index contributed by atoms with van der Waals surface area (Å²) in [5.74, 6) is 0.379. The van der Waals surface area contributed by atoms with E-state index in [9.17, 15) is 4.79 Å². The van der Waals surface area contributed by atoms with Crippen LogP contribution in [0.5, 0.6) is 0 Å². The number of anilines is 1. The van der Waals surface area contributed by atoms with Crippen LogP contribution in [0, 0.1) is 0 Å². The fourth-order valence-corrected chi connectivity index (χ4v) is 3.57. The zero-order chi connectivity index (χ0) is 17.1. The molecular formula is C19H23N3OS. The van der Waals surface area contributed by atoms with E-state index < -0.39 is 0 Å². The number of hydrogen-bond donors (Lipinski definition) is 1. The van der Waals surface area contributed by atoms with Crippen LogP contribution in [0.1, 0.15) is 43.8 Å². The molecular weight excluding hydrogens is 318 g/mol. The Hall–Kier alpha value is -2.14. The summed E-state index contributed by atoms with van der Waals surface area (Å²) in [6.45, 7) is 7.38. The fourth-order valence-electron chi connectivity index (χ4n) is 2.74. The number of carbonyl (C=O) groups is 1. The molecule has 24 heavy (non-hydrogen) atoms. The van der Waals surface area contributed by atoms with Crippen LogP contribution in [0.3, 0.4) is 0 Å². The van der Waals surface area contributed by atoms with Crippen molar-refractivity contribution < 1.29 is 4.79 Å². The summed E-state index contributed by atoms with van der Waals surface area (Å²) in [5.41, 5.74) is 2.84. The van der Waals surface area contributed by atoms with Gasteiger partial charge in [0.25, 0.3) is 0 Å². The Morgan fingerprint density at radius 3 is 2.88 bits per heavy atom. The lowest BCUT2D eigenvalue weighted by atomic mass is 10.2. The highest BCUT2D eigenvalue weighted by molar-refractivity contribution is 7.09. The van der Waals surface area contributed by atoms with Crippen LogP contribution in [-0.4, -0.2) is 15.5 Å². The van der Waals surface area contributed by atoms with Gasteiger partial charge in [-0.3, -0.25) is 4.79 Å². The second-order valence-electron chi connectivity index (χ2n) is 6.34. The Bertz CT molecular complexity index is 847. The lowest BCUT2D eigenvalue weighted by Gasteiger charge is -2.07. The van der Waals surface area contributed by atoms with E-state index in [1.165, 1.54) is 5.39 Å². The fraction of sp³-hybridized carbons (Fsp3) is 0.368. The van der Waals surface area contributed by atoms with E-state index in [1.807, 2.05) is 17.5 Å². The molecule has 3 aromatic rings. The first-order valence-corrected chi connectivity index (χ1v) is 9.28. The number of aryl methyl sites for hydroxylation is 1. The summed E-state index contributed by atoms with van der Waals surface area (Å²) in [6.07, 6.45) is 3.50. The Morgan fingerprint density at radius 2 is 2.17 bits per heavy atom. The molecule has 0 fully saturated rings. The zero-order valence-electron chi connectivity index (χ0n) is 14.4. The zero-order valence-corrected chi connectivity index (χ0v) is 15.2. The van der Waals surface area contributed by atoms with Gasteiger partial charge in [-0.05, 0) is 30.0 Å². The first-order chi connectivity index (χ1) is 11.6. The van der Waals surface area contributed by atoms with Crippen molar-refractivity contribution in [2.75, 3.05) is 5.32 Å². The van der Waals surface area contributed by atoms with Gasteiger partial charge in [0.05, 0.1) is 22.6 Å². The van der Waals surface area contributed by atoms with Crippen LogP contribution in [0.15, 0.2) is 35.8 Å². The smallest absolute Gasteiger partial charge is 0.230 e. The highest BCUT2D eigenvalue weighted by Gasteiger charge is 2.11. The molecule has 126 valence electrons. The molecule has 0 bridgehead atoms. The first kappa shape index (κ1) is 16.7. The molecule has 3 rings (SSSR count). The summed E-state index contributed by atoms with van der Waals surface area (Å²) < 4.78 is 2.22. The van der Waals surface area contributed by atoms with E-state index in [2.05, 4.69) is 54.0 Å². The number of hydrogen-bond acceptors (Lipinski definition) is 3. The molecule has 4 nitrogen and oxygen atoms in total. The Kier molecular flexibility index (Phi) is 5.00. The number of amides is 1.